The number of imide groups is 1. The van der Waals surface area contributed by atoms with Gasteiger partial charge in [-0.3, -0.25) is 19.3 Å². The second-order valence-corrected chi connectivity index (χ2v) is 7.43. The third kappa shape index (κ3) is 2.86. The molecule has 2 aliphatic carbocycles. The van der Waals surface area contributed by atoms with Crippen LogP contribution in [0.3, 0.4) is 0 Å². The highest BCUT2D eigenvalue weighted by Crippen LogP contribution is 2.52. The number of allylic oxidation sites excluding steroid dienone is 2. The molecule has 1 aromatic carbocycles. The van der Waals surface area contributed by atoms with Crippen molar-refractivity contribution in [2.75, 3.05) is 13.1 Å². The van der Waals surface area contributed by atoms with Gasteiger partial charge in [0.05, 0.1) is 11.8 Å². The van der Waals surface area contributed by atoms with Crippen LogP contribution in [0.1, 0.15) is 12.0 Å². The minimum Gasteiger partial charge on any atom is -0.354 e. The largest absolute Gasteiger partial charge is 0.354 e. The Bertz CT molecular complexity index is 746. The summed E-state index contributed by atoms with van der Waals surface area (Å²) in [6.07, 6.45) is 5.64. The fraction of sp³-hybridized carbons (Fsp3) is 0.421. The number of amides is 3. The van der Waals surface area contributed by atoms with Crippen molar-refractivity contribution in [1.29, 1.82) is 0 Å². The van der Waals surface area contributed by atoms with E-state index in [2.05, 4.69) is 5.32 Å². The second-order valence-electron chi connectivity index (χ2n) is 6.99. The number of carbonyl (C=O) groups excluding carboxylic acids is 3. The van der Waals surface area contributed by atoms with Gasteiger partial charge >= 0.3 is 0 Å². The van der Waals surface area contributed by atoms with Crippen molar-refractivity contribution in [2.45, 2.75) is 12.8 Å². The predicted octanol–water partition coefficient (Wildman–Crippen LogP) is 1.81. The van der Waals surface area contributed by atoms with E-state index in [0.29, 0.717) is 18.0 Å². The number of rotatable bonds is 5. The first-order valence-corrected chi connectivity index (χ1v) is 8.97. The number of benzene rings is 1. The summed E-state index contributed by atoms with van der Waals surface area (Å²) in [4.78, 5) is 38.4. The van der Waals surface area contributed by atoms with Crippen molar-refractivity contribution < 1.29 is 14.4 Å². The van der Waals surface area contributed by atoms with Crippen molar-refractivity contribution in [3.8, 4) is 0 Å². The third-order valence-corrected chi connectivity index (χ3v) is 5.72. The van der Waals surface area contributed by atoms with Crippen LogP contribution in [-0.4, -0.2) is 35.7 Å². The van der Waals surface area contributed by atoms with Gasteiger partial charge in [-0.05, 0) is 42.4 Å². The zero-order chi connectivity index (χ0) is 17.6. The van der Waals surface area contributed by atoms with Gasteiger partial charge in [0.15, 0.2) is 0 Å². The summed E-state index contributed by atoms with van der Waals surface area (Å²) in [6.45, 7) is 0.259. The monoisotopic (exact) mass is 358 g/mol. The molecule has 0 spiro atoms. The number of nitrogens with one attached hydrogen (secondary N) is 1. The Morgan fingerprint density at radius 2 is 1.84 bits per heavy atom. The van der Waals surface area contributed by atoms with Crippen molar-refractivity contribution in [1.82, 2.24) is 10.2 Å². The van der Waals surface area contributed by atoms with Gasteiger partial charge in [0.2, 0.25) is 17.7 Å². The molecule has 1 aromatic rings. The molecule has 1 saturated heterocycles. The molecule has 5 nitrogen and oxygen atoms in total. The Morgan fingerprint density at radius 3 is 2.48 bits per heavy atom. The molecule has 25 heavy (non-hydrogen) atoms. The average molecular weight is 359 g/mol. The molecule has 1 aliphatic heterocycles. The number of nitrogens with zero attached hydrogens (tertiary/aromatic N) is 1. The van der Waals surface area contributed by atoms with E-state index in [4.69, 9.17) is 11.6 Å². The van der Waals surface area contributed by atoms with Crippen LogP contribution in [0.2, 0.25) is 5.02 Å². The van der Waals surface area contributed by atoms with E-state index in [1.54, 1.807) is 6.07 Å². The van der Waals surface area contributed by atoms with Crippen LogP contribution in [0.15, 0.2) is 36.4 Å². The topological polar surface area (TPSA) is 66.5 Å². The molecule has 4 rings (SSSR count). The van der Waals surface area contributed by atoms with E-state index in [-0.39, 0.29) is 47.9 Å². The van der Waals surface area contributed by atoms with Crippen LogP contribution in [-0.2, 0) is 20.8 Å². The lowest BCUT2D eigenvalue weighted by atomic mass is 9.85. The highest BCUT2D eigenvalue weighted by Gasteiger charge is 2.59. The number of likely N-dealkylation sites (tertiary alicyclic amines) is 1. The van der Waals surface area contributed by atoms with Crippen LogP contribution < -0.4 is 5.32 Å². The molecule has 3 amide bonds. The van der Waals surface area contributed by atoms with Crippen molar-refractivity contribution in [2.24, 2.45) is 23.7 Å². The Kier molecular flexibility index (Phi) is 4.12. The molecule has 4 atom stereocenters. The third-order valence-electron chi connectivity index (χ3n) is 5.49. The Balaban J connectivity index is 1.31. The number of hydrogen-bond acceptors (Lipinski definition) is 3. The smallest absolute Gasteiger partial charge is 0.240 e. The molecular formula is C19H19ClN2O3. The predicted molar refractivity (Wildman–Crippen MR) is 92.6 cm³/mol. The fourth-order valence-corrected chi connectivity index (χ4v) is 4.57. The first-order chi connectivity index (χ1) is 12.0. The Morgan fingerprint density at radius 1 is 1.16 bits per heavy atom. The van der Waals surface area contributed by atoms with Crippen LogP contribution in [0, 0.1) is 23.7 Å². The van der Waals surface area contributed by atoms with E-state index >= 15 is 0 Å². The number of carbonyl (C=O) groups is 3. The van der Waals surface area contributed by atoms with Gasteiger partial charge < -0.3 is 5.32 Å². The Labute approximate surface area is 151 Å². The maximum absolute atomic E-state index is 12.5. The van der Waals surface area contributed by atoms with Crippen LogP contribution >= 0.6 is 11.6 Å². The van der Waals surface area contributed by atoms with Gasteiger partial charge in [-0.2, -0.15) is 0 Å². The summed E-state index contributed by atoms with van der Waals surface area (Å²) in [5.41, 5.74) is 1.03. The first-order valence-electron chi connectivity index (χ1n) is 8.59. The minimum atomic E-state index is -0.302. The summed E-state index contributed by atoms with van der Waals surface area (Å²) in [6, 6.07) is 7.45. The Hall–Kier alpha value is -2.14. The summed E-state index contributed by atoms with van der Waals surface area (Å²) < 4.78 is 0. The van der Waals surface area contributed by atoms with Crippen molar-refractivity contribution in [3.05, 3.63) is 47.0 Å². The highest BCUT2D eigenvalue weighted by atomic mass is 35.5. The standard InChI is InChI=1S/C19H19ClN2O3/c20-14-3-1-2-11(8-14)6-7-21-15(23)10-22-18(24)16-12-4-5-13(9-12)17(16)19(22)25/h1-5,8,12-13,16-17H,6-7,9-10H2,(H,21,23)/t12-,13-,16-,17+/m0/s1. The van der Waals surface area contributed by atoms with E-state index < -0.39 is 0 Å². The maximum atomic E-state index is 12.5. The molecule has 3 aliphatic rings. The second kappa shape index (κ2) is 6.30. The molecule has 1 heterocycles. The molecule has 1 N–H and O–H groups in total. The average Bonchev–Trinajstić information content (AvgIpc) is 3.25. The van der Waals surface area contributed by atoms with E-state index in [1.165, 1.54) is 0 Å². The zero-order valence-corrected chi connectivity index (χ0v) is 14.4. The van der Waals surface area contributed by atoms with Gasteiger partial charge in [-0.25, -0.2) is 0 Å². The number of halogens is 1. The lowest BCUT2D eigenvalue weighted by Gasteiger charge is -2.16. The van der Waals surface area contributed by atoms with E-state index in [0.717, 1.165) is 16.9 Å². The zero-order valence-electron chi connectivity index (χ0n) is 13.7. The minimum absolute atomic E-state index is 0.169. The molecule has 2 fully saturated rings. The fourth-order valence-electron chi connectivity index (χ4n) is 4.36. The summed E-state index contributed by atoms with van der Waals surface area (Å²) in [5.74, 6) is -0.828. The quantitative estimate of drug-likeness (QED) is 0.644. The molecule has 0 radical (unpaired) electrons. The number of fused-ring (bicyclic) bond motifs is 5. The summed E-state index contributed by atoms with van der Waals surface area (Å²) in [7, 11) is 0. The maximum Gasteiger partial charge on any atom is 0.240 e. The van der Waals surface area contributed by atoms with E-state index in [1.807, 2.05) is 30.4 Å². The van der Waals surface area contributed by atoms with Gasteiger partial charge in [0, 0.05) is 11.6 Å². The summed E-state index contributed by atoms with van der Waals surface area (Å²) >= 11 is 5.93. The van der Waals surface area contributed by atoms with E-state index in [9.17, 15) is 14.4 Å². The van der Waals surface area contributed by atoms with Gasteiger partial charge in [-0.1, -0.05) is 35.9 Å². The molecule has 0 unspecified atom stereocenters. The molecule has 1 saturated carbocycles. The molecule has 0 aromatic heterocycles. The van der Waals surface area contributed by atoms with Gasteiger partial charge in [-0.15, -0.1) is 0 Å². The lowest BCUT2D eigenvalue weighted by Crippen LogP contribution is -2.42. The van der Waals surface area contributed by atoms with Crippen LogP contribution in [0.4, 0.5) is 0 Å². The van der Waals surface area contributed by atoms with Gasteiger partial charge in [0.25, 0.3) is 0 Å². The van der Waals surface area contributed by atoms with Crippen LogP contribution in [0.25, 0.3) is 0 Å². The van der Waals surface area contributed by atoms with Crippen LogP contribution in [0.5, 0.6) is 0 Å². The molecule has 2 bridgehead atoms. The highest BCUT2D eigenvalue weighted by molar-refractivity contribution is 6.30. The lowest BCUT2D eigenvalue weighted by molar-refractivity contribution is -0.144. The number of hydrogen-bond donors (Lipinski definition) is 1. The summed E-state index contributed by atoms with van der Waals surface area (Å²) in [5, 5.41) is 3.44. The van der Waals surface area contributed by atoms with Gasteiger partial charge in [0.1, 0.15) is 6.54 Å². The van der Waals surface area contributed by atoms with Crippen molar-refractivity contribution in [3.63, 3.8) is 0 Å². The molecule has 6 heteroatoms. The normalized spacial score (nSPS) is 29.4. The first kappa shape index (κ1) is 16.3. The molecule has 130 valence electrons. The molecular weight excluding hydrogens is 340 g/mol. The van der Waals surface area contributed by atoms with Crippen molar-refractivity contribution >= 4 is 29.3 Å². The SMILES string of the molecule is O=C(CN1C(=O)[C@@H]2[C@H](C1=O)[C@H]1C=C[C@H]2C1)NCCc1cccc(Cl)c1.